The fourth-order valence-electron chi connectivity index (χ4n) is 0.512. The Morgan fingerprint density at radius 1 is 1.50 bits per heavy atom. The first-order chi connectivity index (χ1) is 4.65. The first-order valence-electron chi connectivity index (χ1n) is 3.51. The molecule has 1 rings (SSSR count). The van der Waals surface area contributed by atoms with E-state index in [-0.39, 0.29) is 0 Å². The normalized spacial score (nSPS) is 20.0. The maximum atomic E-state index is 9.14. The Kier molecular flexibility index (Phi) is 3.53. The molecule has 0 amide bonds. The van der Waals surface area contributed by atoms with E-state index >= 15 is 0 Å². The molecule has 1 saturated heterocycles. The first kappa shape index (κ1) is 9.59. The molecule has 0 unspecified atom stereocenters. The Balaban J connectivity index is 0.000000371. The summed E-state index contributed by atoms with van der Waals surface area (Å²) in [5, 5.41) is 16.2. The van der Waals surface area contributed by atoms with Crippen molar-refractivity contribution in [2.75, 3.05) is 13.2 Å². The third kappa shape index (κ3) is 1.78. The van der Waals surface area contributed by atoms with Crippen LogP contribution >= 0.6 is 0 Å². The second-order valence-corrected chi connectivity index (χ2v) is 2.15. The molecule has 1 heterocycles. The molecule has 0 bridgehead atoms. The van der Waals surface area contributed by atoms with Gasteiger partial charge < -0.3 is 15.3 Å². The lowest BCUT2D eigenvalue weighted by molar-refractivity contribution is -0.134. The van der Waals surface area contributed by atoms with Gasteiger partial charge in [0.2, 0.25) is 0 Å². The van der Waals surface area contributed by atoms with Gasteiger partial charge in [-0.25, -0.2) is 0 Å². The van der Waals surface area contributed by atoms with Gasteiger partial charge in [-0.1, -0.05) is 13.8 Å². The minimum Gasteiger partial charge on any atom is -0.379 e. The van der Waals surface area contributed by atoms with Crippen LogP contribution in [-0.2, 0) is 4.74 Å². The van der Waals surface area contributed by atoms with E-state index in [0.717, 1.165) is 0 Å². The van der Waals surface area contributed by atoms with Crippen molar-refractivity contribution in [2.24, 2.45) is 0 Å². The minimum atomic E-state index is -0.917. The monoisotopic (exact) mass is 145 g/mol. The average molecular weight is 145 g/mol. The minimum absolute atomic E-state index is 0.294. The Bertz CT molecular complexity index is 119. The standard InChI is InChI=1S/C5H9NO2.C2H6/c1-4(6)5(7)2-8-3-5;1-2/h6-7H,2-3H2,1H3;1-2H3. The van der Waals surface area contributed by atoms with Gasteiger partial charge in [-0.2, -0.15) is 0 Å². The first-order valence-corrected chi connectivity index (χ1v) is 3.51. The van der Waals surface area contributed by atoms with Gasteiger partial charge in [-0.05, 0) is 6.92 Å². The van der Waals surface area contributed by atoms with E-state index in [4.69, 9.17) is 15.3 Å². The predicted molar refractivity (Wildman–Crippen MR) is 40.5 cm³/mol. The van der Waals surface area contributed by atoms with Crippen molar-refractivity contribution < 1.29 is 9.84 Å². The van der Waals surface area contributed by atoms with E-state index in [1.165, 1.54) is 0 Å². The second kappa shape index (κ2) is 3.68. The molecule has 60 valence electrons. The molecule has 2 N–H and O–H groups in total. The highest BCUT2D eigenvalue weighted by Gasteiger charge is 2.38. The number of ether oxygens (including phenoxy) is 1. The predicted octanol–water partition coefficient (Wildman–Crippen LogP) is 0.814. The molecule has 0 radical (unpaired) electrons. The second-order valence-electron chi connectivity index (χ2n) is 2.15. The molecule has 3 heteroatoms. The van der Waals surface area contributed by atoms with Crippen LogP contribution in [0, 0.1) is 5.41 Å². The van der Waals surface area contributed by atoms with Crippen LogP contribution in [-0.4, -0.2) is 29.6 Å². The topological polar surface area (TPSA) is 53.3 Å². The average Bonchev–Trinajstić information content (AvgIpc) is 1.87. The zero-order valence-corrected chi connectivity index (χ0v) is 6.77. The number of hydrogen-bond donors (Lipinski definition) is 2. The molecule has 1 aliphatic heterocycles. The summed E-state index contributed by atoms with van der Waals surface area (Å²) in [6, 6.07) is 0. The van der Waals surface area contributed by atoms with E-state index in [1.54, 1.807) is 6.92 Å². The van der Waals surface area contributed by atoms with Crippen LogP contribution in [0.3, 0.4) is 0 Å². The van der Waals surface area contributed by atoms with E-state index in [0.29, 0.717) is 18.9 Å². The number of aliphatic hydroxyl groups is 1. The summed E-state index contributed by atoms with van der Waals surface area (Å²) in [5.41, 5.74) is -0.622. The van der Waals surface area contributed by atoms with Gasteiger partial charge in [0, 0.05) is 5.71 Å². The van der Waals surface area contributed by atoms with Gasteiger partial charge in [-0.15, -0.1) is 0 Å². The van der Waals surface area contributed by atoms with Crippen LogP contribution < -0.4 is 0 Å². The molecule has 0 aromatic rings. The lowest BCUT2D eigenvalue weighted by Gasteiger charge is -2.35. The molecular formula is C7H15NO2. The Morgan fingerprint density at radius 2 is 1.90 bits per heavy atom. The Hall–Kier alpha value is -0.410. The van der Waals surface area contributed by atoms with E-state index < -0.39 is 5.60 Å². The van der Waals surface area contributed by atoms with E-state index in [9.17, 15) is 0 Å². The van der Waals surface area contributed by atoms with Crippen molar-refractivity contribution in [3.8, 4) is 0 Å². The van der Waals surface area contributed by atoms with Crippen LogP contribution in [0.1, 0.15) is 20.8 Å². The van der Waals surface area contributed by atoms with Gasteiger partial charge in [0.05, 0.1) is 13.2 Å². The van der Waals surface area contributed by atoms with Gasteiger partial charge in [0.15, 0.2) is 0 Å². The molecule has 3 nitrogen and oxygen atoms in total. The van der Waals surface area contributed by atoms with Crippen LogP contribution in [0.2, 0.25) is 0 Å². The lowest BCUT2D eigenvalue weighted by atomic mass is 9.97. The molecule has 0 atom stereocenters. The summed E-state index contributed by atoms with van der Waals surface area (Å²) in [7, 11) is 0. The molecule has 0 aliphatic carbocycles. The maximum absolute atomic E-state index is 9.14. The van der Waals surface area contributed by atoms with Crippen molar-refractivity contribution in [1.29, 1.82) is 5.41 Å². The summed E-state index contributed by atoms with van der Waals surface area (Å²) in [6.45, 7) is 6.17. The fourth-order valence-corrected chi connectivity index (χ4v) is 0.512. The Labute approximate surface area is 61.5 Å². The highest BCUT2D eigenvalue weighted by molar-refractivity contribution is 5.88. The van der Waals surface area contributed by atoms with Crippen LogP contribution in [0.15, 0.2) is 0 Å². The molecule has 10 heavy (non-hydrogen) atoms. The van der Waals surface area contributed by atoms with Gasteiger partial charge >= 0.3 is 0 Å². The van der Waals surface area contributed by atoms with Gasteiger partial charge in [0.1, 0.15) is 5.60 Å². The largest absolute Gasteiger partial charge is 0.379 e. The molecular weight excluding hydrogens is 130 g/mol. The third-order valence-electron chi connectivity index (χ3n) is 1.38. The third-order valence-corrected chi connectivity index (χ3v) is 1.38. The molecule has 0 aromatic carbocycles. The zero-order chi connectivity index (χ0) is 8.20. The van der Waals surface area contributed by atoms with E-state index in [1.807, 2.05) is 13.8 Å². The maximum Gasteiger partial charge on any atom is 0.148 e. The lowest BCUT2D eigenvalue weighted by Crippen LogP contribution is -2.54. The summed E-state index contributed by atoms with van der Waals surface area (Å²) in [6.07, 6.45) is 0. The quantitative estimate of drug-likeness (QED) is 0.536. The van der Waals surface area contributed by atoms with Crippen molar-refractivity contribution in [3.05, 3.63) is 0 Å². The zero-order valence-electron chi connectivity index (χ0n) is 6.77. The van der Waals surface area contributed by atoms with Crippen molar-refractivity contribution in [1.82, 2.24) is 0 Å². The van der Waals surface area contributed by atoms with Crippen molar-refractivity contribution >= 4 is 5.71 Å². The van der Waals surface area contributed by atoms with E-state index in [2.05, 4.69) is 0 Å². The van der Waals surface area contributed by atoms with Crippen molar-refractivity contribution in [2.45, 2.75) is 26.4 Å². The highest BCUT2D eigenvalue weighted by atomic mass is 16.5. The Morgan fingerprint density at radius 3 is 1.90 bits per heavy atom. The summed E-state index contributed by atoms with van der Waals surface area (Å²) in [4.78, 5) is 0. The molecule has 1 aliphatic rings. The smallest absolute Gasteiger partial charge is 0.148 e. The molecule has 0 aromatic heterocycles. The van der Waals surface area contributed by atoms with Crippen LogP contribution in [0.4, 0.5) is 0 Å². The number of rotatable bonds is 1. The van der Waals surface area contributed by atoms with Crippen molar-refractivity contribution in [3.63, 3.8) is 0 Å². The summed E-state index contributed by atoms with van der Waals surface area (Å²) < 4.78 is 4.71. The summed E-state index contributed by atoms with van der Waals surface area (Å²) in [5.74, 6) is 0. The van der Waals surface area contributed by atoms with Gasteiger partial charge in [-0.3, -0.25) is 0 Å². The van der Waals surface area contributed by atoms with Crippen LogP contribution in [0.25, 0.3) is 0 Å². The fraction of sp³-hybridized carbons (Fsp3) is 0.857. The summed E-state index contributed by atoms with van der Waals surface area (Å²) >= 11 is 0. The van der Waals surface area contributed by atoms with Gasteiger partial charge in [0.25, 0.3) is 0 Å². The highest BCUT2D eigenvalue weighted by Crippen LogP contribution is 2.16. The number of nitrogens with one attached hydrogen (secondary N) is 1. The SMILES string of the molecule is CC.CC(=N)C1(O)COC1. The number of hydrogen-bond acceptors (Lipinski definition) is 3. The molecule has 0 saturated carbocycles. The van der Waals surface area contributed by atoms with Crippen LogP contribution in [0.5, 0.6) is 0 Å². The molecule has 0 spiro atoms. The molecule has 1 fully saturated rings.